The largest absolute Gasteiger partial charge is 0.330 e. The molecule has 2 rings (SSSR count). The van der Waals surface area contributed by atoms with Crippen LogP contribution in [0.4, 0.5) is 4.39 Å². The second-order valence-corrected chi connectivity index (χ2v) is 4.02. The number of benzene rings is 1. The molecule has 4 heteroatoms. The van der Waals surface area contributed by atoms with Crippen molar-refractivity contribution in [2.75, 3.05) is 13.6 Å². The van der Waals surface area contributed by atoms with Crippen LogP contribution in [0.1, 0.15) is 24.4 Å². The summed E-state index contributed by atoms with van der Waals surface area (Å²) in [5, 5.41) is 6.20. The summed E-state index contributed by atoms with van der Waals surface area (Å²) in [5.74, 6) is -0.163. The molecule has 0 radical (unpaired) electrons. The molecule has 2 N–H and O–H groups in total. The standard InChI is InChI=1S/C12H16FN3/c1-16-12(8-9(15-16)6-7-14)10-4-2-3-5-11(10)13/h2-5,12H,6-8,14H2,1H3. The van der Waals surface area contributed by atoms with Gasteiger partial charge in [-0.2, -0.15) is 5.10 Å². The van der Waals surface area contributed by atoms with Crippen molar-refractivity contribution in [1.29, 1.82) is 0 Å². The molecule has 0 saturated carbocycles. The monoisotopic (exact) mass is 221 g/mol. The lowest BCUT2D eigenvalue weighted by Gasteiger charge is -2.19. The van der Waals surface area contributed by atoms with E-state index in [9.17, 15) is 4.39 Å². The number of nitrogens with two attached hydrogens (primary N) is 1. The van der Waals surface area contributed by atoms with Crippen LogP contribution in [-0.2, 0) is 0 Å². The predicted molar refractivity (Wildman–Crippen MR) is 62.6 cm³/mol. The Morgan fingerprint density at radius 2 is 2.25 bits per heavy atom. The first-order valence-electron chi connectivity index (χ1n) is 5.46. The SMILES string of the molecule is CN1N=C(CCN)CC1c1ccccc1F. The van der Waals surface area contributed by atoms with Gasteiger partial charge in [0, 0.05) is 24.7 Å². The van der Waals surface area contributed by atoms with Gasteiger partial charge in [0.1, 0.15) is 5.82 Å². The predicted octanol–water partition coefficient (Wildman–Crippen LogP) is 1.91. The Labute approximate surface area is 94.7 Å². The highest BCUT2D eigenvalue weighted by Crippen LogP contribution is 2.31. The fourth-order valence-corrected chi connectivity index (χ4v) is 2.06. The van der Waals surface area contributed by atoms with Gasteiger partial charge in [0.2, 0.25) is 0 Å². The number of halogens is 1. The Morgan fingerprint density at radius 3 is 2.94 bits per heavy atom. The van der Waals surface area contributed by atoms with E-state index in [1.54, 1.807) is 6.07 Å². The van der Waals surface area contributed by atoms with Crippen LogP contribution in [0.15, 0.2) is 29.4 Å². The maximum absolute atomic E-state index is 13.6. The first-order chi connectivity index (χ1) is 7.72. The zero-order valence-corrected chi connectivity index (χ0v) is 9.36. The molecule has 1 atom stereocenters. The van der Waals surface area contributed by atoms with Crippen molar-refractivity contribution in [3.8, 4) is 0 Å². The molecule has 0 spiro atoms. The summed E-state index contributed by atoms with van der Waals surface area (Å²) in [6.45, 7) is 0.594. The zero-order chi connectivity index (χ0) is 11.5. The third kappa shape index (κ3) is 2.07. The molecule has 0 aliphatic carbocycles. The number of hydrogen-bond donors (Lipinski definition) is 1. The van der Waals surface area contributed by atoms with Crippen LogP contribution < -0.4 is 5.73 Å². The van der Waals surface area contributed by atoms with E-state index in [-0.39, 0.29) is 11.9 Å². The number of nitrogens with zero attached hydrogens (tertiary/aromatic N) is 2. The molecule has 1 unspecified atom stereocenters. The summed E-state index contributed by atoms with van der Waals surface area (Å²) in [6, 6.07) is 6.88. The van der Waals surface area contributed by atoms with Gasteiger partial charge in [0.05, 0.1) is 6.04 Å². The lowest BCUT2D eigenvalue weighted by molar-refractivity contribution is 0.283. The highest BCUT2D eigenvalue weighted by atomic mass is 19.1. The van der Waals surface area contributed by atoms with Gasteiger partial charge in [-0.05, 0) is 19.0 Å². The fraction of sp³-hybridized carbons (Fsp3) is 0.417. The highest BCUT2D eigenvalue weighted by Gasteiger charge is 2.26. The number of hydrazone groups is 1. The summed E-state index contributed by atoms with van der Waals surface area (Å²) >= 11 is 0. The van der Waals surface area contributed by atoms with E-state index in [0.29, 0.717) is 12.1 Å². The Balaban J connectivity index is 2.17. The molecule has 16 heavy (non-hydrogen) atoms. The molecule has 1 aliphatic rings. The Morgan fingerprint density at radius 1 is 1.50 bits per heavy atom. The molecule has 0 fully saturated rings. The molecule has 1 aliphatic heterocycles. The van der Waals surface area contributed by atoms with E-state index in [0.717, 1.165) is 18.6 Å². The van der Waals surface area contributed by atoms with Crippen LogP contribution in [-0.4, -0.2) is 24.3 Å². The molecule has 86 valence electrons. The van der Waals surface area contributed by atoms with Gasteiger partial charge in [-0.15, -0.1) is 0 Å². The van der Waals surface area contributed by atoms with Crippen molar-refractivity contribution in [2.24, 2.45) is 10.8 Å². The highest BCUT2D eigenvalue weighted by molar-refractivity contribution is 5.86. The van der Waals surface area contributed by atoms with Crippen molar-refractivity contribution in [2.45, 2.75) is 18.9 Å². The van der Waals surface area contributed by atoms with Crippen molar-refractivity contribution < 1.29 is 4.39 Å². The maximum atomic E-state index is 13.6. The third-order valence-electron chi connectivity index (χ3n) is 2.88. The lowest BCUT2D eigenvalue weighted by Crippen LogP contribution is -2.15. The minimum atomic E-state index is -0.163. The molecule has 1 aromatic rings. The molecule has 1 aromatic carbocycles. The summed E-state index contributed by atoms with van der Waals surface area (Å²) in [5.41, 5.74) is 7.26. The summed E-state index contributed by atoms with van der Waals surface area (Å²) in [6.07, 6.45) is 1.56. The smallest absolute Gasteiger partial charge is 0.128 e. The second-order valence-electron chi connectivity index (χ2n) is 4.02. The van der Waals surface area contributed by atoms with E-state index in [2.05, 4.69) is 5.10 Å². The van der Waals surface area contributed by atoms with Gasteiger partial charge < -0.3 is 5.73 Å². The first-order valence-corrected chi connectivity index (χ1v) is 5.46. The molecule has 0 aromatic heterocycles. The Bertz CT molecular complexity index is 403. The minimum absolute atomic E-state index is 0.0164. The molecular formula is C12H16FN3. The third-order valence-corrected chi connectivity index (χ3v) is 2.88. The first kappa shape index (κ1) is 11.1. The number of rotatable bonds is 3. The molecule has 1 heterocycles. The molecule has 0 saturated heterocycles. The molecule has 0 bridgehead atoms. The normalized spacial score (nSPS) is 20.1. The van der Waals surface area contributed by atoms with E-state index in [1.165, 1.54) is 6.07 Å². The average molecular weight is 221 g/mol. The van der Waals surface area contributed by atoms with Crippen molar-refractivity contribution >= 4 is 5.71 Å². The van der Waals surface area contributed by atoms with E-state index in [4.69, 9.17) is 5.73 Å². The van der Waals surface area contributed by atoms with Gasteiger partial charge in [-0.25, -0.2) is 4.39 Å². The topological polar surface area (TPSA) is 41.6 Å². The molecule has 0 amide bonds. The van der Waals surface area contributed by atoms with Gasteiger partial charge >= 0.3 is 0 Å². The average Bonchev–Trinajstić information content (AvgIpc) is 2.61. The Hall–Kier alpha value is -1.42. The molecule has 3 nitrogen and oxygen atoms in total. The van der Waals surface area contributed by atoms with Crippen LogP contribution in [0.25, 0.3) is 0 Å². The van der Waals surface area contributed by atoms with Crippen LogP contribution in [0, 0.1) is 5.82 Å². The minimum Gasteiger partial charge on any atom is -0.330 e. The Kier molecular flexibility index (Phi) is 3.19. The second kappa shape index (κ2) is 4.61. The van der Waals surface area contributed by atoms with Crippen LogP contribution in [0.3, 0.4) is 0 Å². The van der Waals surface area contributed by atoms with E-state index < -0.39 is 0 Å². The van der Waals surface area contributed by atoms with Gasteiger partial charge in [-0.3, -0.25) is 5.01 Å². The van der Waals surface area contributed by atoms with Crippen molar-refractivity contribution in [3.63, 3.8) is 0 Å². The number of hydrogen-bond acceptors (Lipinski definition) is 3. The molecular weight excluding hydrogens is 205 g/mol. The van der Waals surface area contributed by atoms with E-state index in [1.807, 2.05) is 24.2 Å². The van der Waals surface area contributed by atoms with Crippen LogP contribution in [0.2, 0.25) is 0 Å². The summed E-state index contributed by atoms with van der Waals surface area (Å²) in [4.78, 5) is 0. The van der Waals surface area contributed by atoms with Crippen LogP contribution in [0.5, 0.6) is 0 Å². The zero-order valence-electron chi connectivity index (χ0n) is 9.36. The van der Waals surface area contributed by atoms with Crippen molar-refractivity contribution in [1.82, 2.24) is 5.01 Å². The van der Waals surface area contributed by atoms with Crippen LogP contribution >= 0.6 is 0 Å². The lowest BCUT2D eigenvalue weighted by atomic mass is 10.0. The van der Waals surface area contributed by atoms with E-state index >= 15 is 0 Å². The summed E-state index contributed by atoms with van der Waals surface area (Å²) < 4.78 is 13.6. The maximum Gasteiger partial charge on any atom is 0.128 e. The van der Waals surface area contributed by atoms with Crippen molar-refractivity contribution in [3.05, 3.63) is 35.6 Å². The van der Waals surface area contributed by atoms with Gasteiger partial charge in [-0.1, -0.05) is 18.2 Å². The van der Waals surface area contributed by atoms with Gasteiger partial charge in [0.25, 0.3) is 0 Å². The van der Waals surface area contributed by atoms with Gasteiger partial charge in [0.15, 0.2) is 0 Å². The quantitative estimate of drug-likeness (QED) is 0.847. The fourth-order valence-electron chi connectivity index (χ4n) is 2.06. The summed E-state index contributed by atoms with van der Waals surface area (Å²) in [7, 11) is 1.88.